The summed E-state index contributed by atoms with van der Waals surface area (Å²) in [6.07, 6.45) is 2.11. The lowest BCUT2D eigenvalue weighted by atomic mass is 10.1. The number of hydrogen-bond donors (Lipinski definition) is 0. The number of ether oxygens (including phenoxy) is 1. The van der Waals surface area contributed by atoms with E-state index in [1.165, 1.54) is 34.7 Å². The van der Waals surface area contributed by atoms with Crippen molar-refractivity contribution >= 4 is 16.7 Å². The highest BCUT2D eigenvalue weighted by molar-refractivity contribution is 5.97. The molecule has 0 fully saturated rings. The number of fused-ring (bicyclic) bond motifs is 1. The first-order valence-electron chi connectivity index (χ1n) is 10.3. The predicted octanol–water partition coefficient (Wildman–Crippen LogP) is 4.09. The highest BCUT2D eigenvalue weighted by Gasteiger charge is 2.17. The average molecular weight is 433 g/mol. The van der Waals surface area contributed by atoms with Crippen LogP contribution in [0.25, 0.3) is 10.9 Å². The first-order chi connectivity index (χ1) is 15.4. The Balaban J connectivity index is 1.53. The molecule has 2 aromatic carbocycles. The lowest BCUT2D eigenvalue weighted by Gasteiger charge is -2.11. The maximum Gasteiger partial charge on any atom is 0.261 e. The van der Waals surface area contributed by atoms with E-state index < -0.39 is 5.82 Å². The summed E-state index contributed by atoms with van der Waals surface area (Å²) in [7, 11) is 1.64. The van der Waals surface area contributed by atoms with E-state index in [1.54, 1.807) is 7.11 Å². The van der Waals surface area contributed by atoms with Gasteiger partial charge in [0.05, 0.1) is 30.9 Å². The number of aryl methyl sites for hydroxylation is 2. The van der Waals surface area contributed by atoms with Crippen LogP contribution in [0.5, 0.6) is 5.75 Å². The van der Waals surface area contributed by atoms with Crippen molar-refractivity contribution in [3.05, 3.63) is 93.5 Å². The molecule has 2 heterocycles. The van der Waals surface area contributed by atoms with Crippen molar-refractivity contribution in [2.24, 2.45) is 0 Å². The van der Waals surface area contributed by atoms with Gasteiger partial charge >= 0.3 is 0 Å². The minimum atomic E-state index is -0.458. The van der Waals surface area contributed by atoms with E-state index >= 15 is 0 Å². The number of carbonyl (C=O) groups excluding carboxylic acids is 1. The van der Waals surface area contributed by atoms with Crippen molar-refractivity contribution < 1.29 is 13.9 Å². The third-order valence-corrected chi connectivity index (χ3v) is 5.76. The van der Waals surface area contributed by atoms with Crippen molar-refractivity contribution in [2.45, 2.75) is 33.4 Å². The molecular weight excluding hydrogens is 409 g/mol. The lowest BCUT2D eigenvalue weighted by molar-refractivity contribution is 0.0970. The Kier molecular flexibility index (Phi) is 5.90. The van der Waals surface area contributed by atoms with Gasteiger partial charge in [0.15, 0.2) is 5.78 Å². The molecule has 4 aromatic rings. The molecule has 0 radical (unpaired) electrons. The van der Waals surface area contributed by atoms with Gasteiger partial charge in [0.25, 0.3) is 5.56 Å². The number of halogens is 1. The molecule has 0 saturated carbocycles. The highest BCUT2D eigenvalue weighted by atomic mass is 19.1. The molecule has 0 spiro atoms. The van der Waals surface area contributed by atoms with Crippen LogP contribution >= 0.6 is 0 Å². The maximum atomic E-state index is 13.4. The largest absolute Gasteiger partial charge is 0.497 e. The van der Waals surface area contributed by atoms with E-state index in [0.29, 0.717) is 5.56 Å². The van der Waals surface area contributed by atoms with Crippen LogP contribution in [-0.4, -0.2) is 27.0 Å². The molecule has 164 valence electrons. The average Bonchev–Trinajstić information content (AvgIpc) is 3.08. The number of ketones is 1. The summed E-state index contributed by atoms with van der Waals surface area (Å²) >= 11 is 0. The molecule has 0 bridgehead atoms. The Hall–Kier alpha value is -3.74. The number of rotatable bonds is 7. The maximum absolute atomic E-state index is 13.4. The van der Waals surface area contributed by atoms with Crippen LogP contribution in [-0.2, 0) is 19.5 Å². The van der Waals surface area contributed by atoms with E-state index in [2.05, 4.69) is 9.55 Å². The molecule has 2 aromatic heterocycles. The second kappa shape index (κ2) is 8.78. The summed E-state index contributed by atoms with van der Waals surface area (Å²) in [5, 5.41) is 0.284. The van der Waals surface area contributed by atoms with Gasteiger partial charge in [-0.15, -0.1) is 0 Å². The van der Waals surface area contributed by atoms with Gasteiger partial charge in [0, 0.05) is 29.6 Å². The van der Waals surface area contributed by atoms with Gasteiger partial charge in [-0.3, -0.25) is 14.2 Å². The normalized spacial score (nSPS) is 11.1. The van der Waals surface area contributed by atoms with Crippen molar-refractivity contribution in [2.75, 3.05) is 7.11 Å². The zero-order valence-corrected chi connectivity index (χ0v) is 18.3. The van der Waals surface area contributed by atoms with Gasteiger partial charge < -0.3 is 9.30 Å². The first-order valence-corrected chi connectivity index (χ1v) is 10.3. The third-order valence-electron chi connectivity index (χ3n) is 5.76. The van der Waals surface area contributed by atoms with Gasteiger partial charge in [-0.25, -0.2) is 9.37 Å². The Morgan fingerprint density at radius 2 is 1.84 bits per heavy atom. The molecule has 0 amide bonds. The molecule has 0 aliphatic carbocycles. The molecule has 0 unspecified atom stereocenters. The SMILES string of the molecule is COc1ccc(CCn2c(C)cc(C(=O)Cn3cnc4cc(F)ccc4c3=O)c2C)cc1. The smallest absolute Gasteiger partial charge is 0.261 e. The second-order valence-corrected chi connectivity index (χ2v) is 7.80. The third kappa shape index (κ3) is 4.19. The number of nitrogens with zero attached hydrogens (tertiary/aromatic N) is 3. The minimum absolute atomic E-state index is 0.123. The molecule has 0 N–H and O–H groups in total. The standard InChI is InChI=1S/C25H24FN3O3/c1-16-12-22(17(2)29(16)11-10-18-4-7-20(32-3)8-5-18)24(30)14-28-15-27-23-13-19(26)6-9-21(23)25(28)31/h4-9,12-13,15H,10-11,14H2,1-3H3. The monoisotopic (exact) mass is 433 g/mol. The Bertz CT molecular complexity index is 1350. The Labute approximate surface area is 184 Å². The first kappa shape index (κ1) is 21.5. The predicted molar refractivity (Wildman–Crippen MR) is 121 cm³/mol. The molecule has 7 heteroatoms. The number of aromatic nitrogens is 3. The molecular formula is C25H24FN3O3. The number of Topliss-reactive ketones (excluding diaryl/α,β-unsaturated/α-hetero) is 1. The molecule has 0 aliphatic rings. The van der Waals surface area contributed by atoms with Gasteiger partial charge in [-0.2, -0.15) is 0 Å². The summed E-state index contributed by atoms with van der Waals surface area (Å²) < 4.78 is 22.0. The van der Waals surface area contributed by atoms with Crippen LogP contribution in [0.2, 0.25) is 0 Å². The number of carbonyl (C=O) groups is 1. The van der Waals surface area contributed by atoms with Gasteiger partial charge in [-0.1, -0.05) is 12.1 Å². The molecule has 0 saturated heterocycles. The molecule has 0 aliphatic heterocycles. The van der Waals surface area contributed by atoms with E-state index in [0.717, 1.165) is 30.1 Å². The fraction of sp³-hybridized carbons (Fsp3) is 0.240. The topological polar surface area (TPSA) is 66.1 Å². The van der Waals surface area contributed by atoms with Crippen LogP contribution < -0.4 is 10.3 Å². The van der Waals surface area contributed by atoms with E-state index in [4.69, 9.17) is 4.74 Å². The fourth-order valence-electron chi connectivity index (χ4n) is 3.94. The zero-order chi connectivity index (χ0) is 22.8. The van der Waals surface area contributed by atoms with E-state index in [-0.39, 0.29) is 28.8 Å². The quantitative estimate of drug-likeness (QED) is 0.412. The van der Waals surface area contributed by atoms with Gasteiger partial charge in [0.1, 0.15) is 11.6 Å². The summed E-state index contributed by atoms with van der Waals surface area (Å²) in [4.78, 5) is 29.8. The molecule has 4 rings (SSSR count). The number of benzene rings is 2. The fourth-order valence-corrected chi connectivity index (χ4v) is 3.94. The molecule has 6 nitrogen and oxygen atoms in total. The zero-order valence-electron chi connectivity index (χ0n) is 18.3. The van der Waals surface area contributed by atoms with Crippen LogP contribution in [0.3, 0.4) is 0 Å². The number of hydrogen-bond acceptors (Lipinski definition) is 4. The van der Waals surface area contributed by atoms with E-state index in [9.17, 15) is 14.0 Å². The van der Waals surface area contributed by atoms with Crippen molar-refractivity contribution in [3.63, 3.8) is 0 Å². The minimum Gasteiger partial charge on any atom is -0.497 e. The van der Waals surface area contributed by atoms with Crippen LogP contribution in [0.15, 0.2) is 59.7 Å². The Morgan fingerprint density at radius 1 is 1.09 bits per heavy atom. The lowest BCUT2D eigenvalue weighted by Crippen LogP contribution is -2.25. The van der Waals surface area contributed by atoms with Crippen molar-refractivity contribution in [3.8, 4) is 5.75 Å². The molecule has 0 atom stereocenters. The van der Waals surface area contributed by atoms with Crippen LogP contribution in [0, 0.1) is 19.7 Å². The van der Waals surface area contributed by atoms with Crippen LogP contribution in [0.1, 0.15) is 27.3 Å². The summed E-state index contributed by atoms with van der Waals surface area (Å²) in [5.74, 6) is 0.193. The second-order valence-electron chi connectivity index (χ2n) is 7.80. The summed E-state index contributed by atoms with van der Waals surface area (Å²) in [6, 6.07) is 13.6. The van der Waals surface area contributed by atoms with Gasteiger partial charge in [-0.05, 0) is 56.2 Å². The highest BCUT2D eigenvalue weighted by Crippen LogP contribution is 2.19. The molecule has 32 heavy (non-hydrogen) atoms. The summed E-state index contributed by atoms with van der Waals surface area (Å²) in [5.41, 5.74) is 3.52. The van der Waals surface area contributed by atoms with Crippen molar-refractivity contribution in [1.82, 2.24) is 14.1 Å². The number of methoxy groups -OCH3 is 1. The van der Waals surface area contributed by atoms with Crippen molar-refractivity contribution in [1.29, 1.82) is 0 Å². The van der Waals surface area contributed by atoms with Gasteiger partial charge in [0.2, 0.25) is 0 Å². The summed E-state index contributed by atoms with van der Waals surface area (Å²) in [6.45, 7) is 4.50. The van der Waals surface area contributed by atoms with Crippen LogP contribution in [0.4, 0.5) is 4.39 Å². The van der Waals surface area contributed by atoms with E-state index in [1.807, 2.05) is 44.2 Å². The Morgan fingerprint density at radius 3 is 2.56 bits per heavy atom.